The molecule has 0 heterocycles. The van der Waals surface area contributed by atoms with E-state index in [0.29, 0.717) is 23.8 Å². The van der Waals surface area contributed by atoms with E-state index in [1.807, 2.05) is 0 Å². The van der Waals surface area contributed by atoms with Crippen LogP contribution in [-0.4, -0.2) is 6.67 Å². The van der Waals surface area contributed by atoms with E-state index in [0.717, 1.165) is 38.0 Å². The fraction of sp³-hybridized carbons (Fsp3) is 0.652. The fourth-order valence-electron chi connectivity index (χ4n) is 5.03. The molecule has 0 unspecified atom stereocenters. The smallest absolute Gasteiger partial charge is 0.194 e. The number of alkyl halides is 1. The summed E-state index contributed by atoms with van der Waals surface area (Å²) in [5, 5.41) is 0. The van der Waals surface area contributed by atoms with Crippen molar-refractivity contribution in [2.45, 2.75) is 70.1 Å². The first-order valence-electron chi connectivity index (χ1n) is 10.5. The van der Waals surface area contributed by atoms with Crippen molar-refractivity contribution in [3.63, 3.8) is 0 Å². The zero-order valence-electron chi connectivity index (χ0n) is 15.9. The average Bonchev–Trinajstić information content (AvgIpc) is 2.70. The number of allylic oxidation sites excluding steroid dienone is 2. The number of hydrogen-bond donors (Lipinski definition) is 0. The topological polar surface area (TPSA) is 0 Å². The number of unbranched alkanes of at least 4 members (excludes halogenated alkanes) is 1. The molecule has 0 bridgehead atoms. The molecule has 2 aliphatic rings. The van der Waals surface area contributed by atoms with Crippen molar-refractivity contribution in [3.05, 3.63) is 47.3 Å². The minimum atomic E-state index is -1.37. The Bertz CT molecular complexity index is 600. The van der Waals surface area contributed by atoms with E-state index >= 15 is 0 Å². The van der Waals surface area contributed by atoms with E-state index < -0.39 is 17.5 Å². The minimum absolute atomic E-state index is 0.139. The van der Waals surface area contributed by atoms with Gasteiger partial charge in [0.15, 0.2) is 17.5 Å². The lowest BCUT2D eigenvalue weighted by Crippen LogP contribution is -2.25. The van der Waals surface area contributed by atoms with Crippen LogP contribution < -0.4 is 0 Å². The number of hydrogen-bond acceptors (Lipinski definition) is 0. The molecule has 0 amide bonds. The molecule has 150 valence electrons. The van der Waals surface area contributed by atoms with Gasteiger partial charge in [0.1, 0.15) is 0 Å². The Morgan fingerprint density at radius 2 is 1.37 bits per heavy atom. The summed E-state index contributed by atoms with van der Waals surface area (Å²) in [6, 6.07) is 2.34. The summed E-state index contributed by atoms with van der Waals surface area (Å²) in [6.45, 7) is -0.239. The second-order valence-corrected chi connectivity index (χ2v) is 8.34. The molecular formula is C23H30F4. The molecule has 2 fully saturated rings. The van der Waals surface area contributed by atoms with Gasteiger partial charge in [-0.2, -0.15) is 0 Å². The van der Waals surface area contributed by atoms with Crippen LogP contribution in [0.1, 0.15) is 75.7 Å². The van der Waals surface area contributed by atoms with Gasteiger partial charge in [0.05, 0.1) is 6.67 Å². The zero-order chi connectivity index (χ0) is 19.2. The maximum atomic E-state index is 13.5. The van der Waals surface area contributed by atoms with E-state index in [2.05, 4.69) is 12.2 Å². The van der Waals surface area contributed by atoms with Crippen LogP contribution in [0.25, 0.3) is 0 Å². The summed E-state index contributed by atoms with van der Waals surface area (Å²) in [4.78, 5) is 0. The summed E-state index contributed by atoms with van der Waals surface area (Å²) in [7, 11) is 0. The highest BCUT2D eigenvalue weighted by molar-refractivity contribution is 5.23. The summed E-state index contributed by atoms with van der Waals surface area (Å²) in [5.74, 6) is -1.29. The molecule has 0 aliphatic heterocycles. The van der Waals surface area contributed by atoms with Crippen LogP contribution in [0.15, 0.2) is 24.3 Å². The second kappa shape index (κ2) is 9.75. The standard InChI is InChI=1S/C23H30F4/c24-13-3-1-2-4-16-5-7-17(8-6-16)18-9-11-19(12-10-18)20-14-21(25)23(27)22(26)15-20/h2,4,14-19H,1,3,5-13H2/b4-2+. The van der Waals surface area contributed by atoms with Crippen molar-refractivity contribution in [2.24, 2.45) is 17.8 Å². The maximum absolute atomic E-state index is 13.5. The predicted molar refractivity (Wildman–Crippen MR) is 101 cm³/mol. The van der Waals surface area contributed by atoms with Gasteiger partial charge in [0, 0.05) is 0 Å². The third-order valence-corrected chi connectivity index (χ3v) is 6.65. The van der Waals surface area contributed by atoms with Gasteiger partial charge in [-0.25, -0.2) is 13.2 Å². The van der Waals surface area contributed by atoms with Crippen LogP contribution in [0.4, 0.5) is 17.6 Å². The van der Waals surface area contributed by atoms with E-state index in [4.69, 9.17) is 0 Å². The average molecular weight is 382 g/mol. The largest absolute Gasteiger partial charge is 0.251 e. The first-order chi connectivity index (χ1) is 13.1. The third kappa shape index (κ3) is 5.36. The lowest BCUT2D eigenvalue weighted by atomic mass is 9.68. The molecule has 1 aromatic carbocycles. The molecule has 0 nitrogen and oxygen atoms in total. The number of halogens is 4. The van der Waals surface area contributed by atoms with E-state index in [1.165, 1.54) is 37.8 Å². The maximum Gasteiger partial charge on any atom is 0.194 e. The summed E-state index contributed by atoms with van der Waals surface area (Å²) >= 11 is 0. The Balaban J connectivity index is 1.46. The Hall–Kier alpha value is -1.32. The normalized spacial score (nSPS) is 29.3. The summed E-state index contributed by atoms with van der Waals surface area (Å²) in [5.41, 5.74) is 0.604. The Labute approximate surface area is 160 Å². The molecule has 27 heavy (non-hydrogen) atoms. The van der Waals surface area contributed by atoms with Crippen LogP contribution in [0.2, 0.25) is 0 Å². The molecule has 0 atom stereocenters. The highest BCUT2D eigenvalue weighted by atomic mass is 19.2. The lowest BCUT2D eigenvalue weighted by molar-refractivity contribution is 0.171. The van der Waals surface area contributed by atoms with Gasteiger partial charge in [-0.05, 0) is 106 Å². The fourth-order valence-corrected chi connectivity index (χ4v) is 5.03. The van der Waals surface area contributed by atoms with Crippen LogP contribution in [-0.2, 0) is 0 Å². The monoisotopic (exact) mass is 382 g/mol. The molecule has 2 saturated carbocycles. The Morgan fingerprint density at radius 3 is 1.93 bits per heavy atom. The van der Waals surface area contributed by atoms with Crippen LogP contribution in [0, 0.1) is 35.2 Å². The van der Waals surface area contributed by atoms with Crippen molar-refractivity contribution in [2.75, 3.05) is 6.67 Å². The molecule has 0 aromatic heterocycles. The van der Waals surface area contributed by atoms with Crippen molar-refractivity contribution in [1.29, 1.82) is 0 Å². The SMILES string of the molecule is FCCC/C=C/C1CCC(C2CCC(c3cc(F)c(F)c(F)c3)CC2)CC1. The van der Waals surface area contributed by atoms with Gasteiger partial charge < -0.3 is 0 Å². The minimum Gasteiger partial charge on any atom is -0.251 e. The lowest BCUT2D eigenvalue weighted by Gasteiger charge is -2.37. The molecule has 0 N–H and O–H groups in total. The summed E-state index contributed by atoms with van der Waals surface area (Å²) in [6.07, 6.45) is 14.8. The first-order valence-corrected chi connectivity index (χ1v) is 10.5. The Morgan fingerprint density at radius 1 is 0.815 bits per heavy atom. The van der Waals surface area contributed by atoms with E-state index in [9.17, 15) is 17.6 Å². The number of rotatable bonds is 6. The van der Waals surface area contributed by atoms with Crippen molar-refractivity contribution in [3.8, 4) is 0 Å². The molecule has 4 heteroatoms. The van der Waals surface area contributed by atoms with Crippen molar-refractivity contribution in [1.82, 2.24) is 0 Å². The van der Waals surface area contributed by atoms with Crippen molar-refractivity contribution < 1.29 is 17.6 Å². The quantitative estimate of drug-likeness (QED) is 0.207. The zero-order valence-corrected chi connectivity index (χ0v) is 15.9. The van der Waals surface area contributed by atoms with Gasteiger partial charge >= 0.3 is 0 Å². The summed E-state index contributed by atoms with van der Waals surface area (Å²) < 4.78 is 52.3. The predicted octanol–water partition coefficient (Wildman–Crippen LogP) is 7.49. The van der Waals surface area contributed by atoms with Crippen molar-refractivity contribution >= 4 is 0 Å². The van der Waals surface area contributed by atoms with Gasteiger partial charge in [0.2, 0.25) is 0 Å². The third-order valence-electron chi connectivity index (χ3n) is 6.65. The van der Waals surface area contributed by atoms with Crippen LogP contribution in [0.3, 0.4) is 0 Å². The second-order valence-electron chi connectivity index (χ2n) is 8.34. The van der Waals surface area contributed by atoms with E-state index in [-0.39, 0.29) is 12.6 Å². The first kappa shape index (κ1) is 20.4. The van der Waals surface area contributed by atoms with Gasteiger partial charge in [-0.15, -0.1) is 0 Å². The van der Waals surface area contributed by atoms with Gasteiger partial charge in [-0.1, -0.05) is 12.2 Å². The molecule has 0 spiro atoms. The molecule has 2 aliphatic carbocycles. The van der Waals surface area contributed by atoms with Gasteiger partial charge in [0.25, 0.3) is 0 Å². The van der Waals surface area contributed by atoms with Crippen LogP contribution >= 0.6 is 0 Å². The van der Waals surface area contributed by atoms with Gasteiger partial charge in [-0.3, -0.25) is 4.39 Å². The highest BCUT2D eigenvalue weighted by Crippen LogP contribution is 2.44. The molecule has 0 radical (unpaired) electrons. The van der Waals surface area contributed by atoms with Crippen LogP contribution in [0.5, 0.6) is 0 Å². The van der Waals surface area contributed by atoms with E-state index in [1.54, 1.807) is 0 Å². The molecule has 3 rings (SSSR count). The number of benzene rings is 1. The highest BCUT2D eigenvalue weighted by Gasteiger charge is 2.31. The molecule has 1 aromatic rings. The Kier molecular flexibility index (Phi) is 7.37. The molecule has 0 saturated heterocycles. The molecular weight excluding hydrogens is 352 g/mol.